The highest BCUT2D eigenvalue weighted by atomic mass is 16.4. The van der Waals surface area contributed by atoms with E-state index in [0.29, 0.717) is 5.56 Å². The van der Waals surface area contributed by atoms with E-state index in [1.165, 1.54) is 6.92 Å². The van der Waals surface area contributed by atoms with E-state index in [4.69, 9.17) is 11.5 Å². The molecular weight excluding hydrogens is 466 g/mol. The SMILES string of the molecule is CC(NC(=O)C(N)Cc1ccccc1)C(=O)NC(CC(N)=O)C(=O)NC(Cc1ccccc1)C(=O)O. The molecule has 0 fully saturated rings. The number of nitrogens with one attached hydrogen (secondary N) is 3. The number of rotatable bonds is 13. The zero-order chi connectivity index (χ0) is 26.7. The van der Waals surface area contributed by atoms with Crippen molar-refractivity contribution in [3.05, 3.63) is 71.8 Å². The maximum Gasteiger partial charge on any atom is 0.326 e. The minimum Gasteiger partial charge on any atom is -0.480 e. The van der Waals surface area contributed by atoms with Crippen molar-refractivity contribution in [2.75, 3.05) is 0 Å². The summed E-state index contributed by atoms with van der Waals surface area (Å²) in [5.74, 6) is -4.42. The summed E-state index contributed by atoms with van der Waals surface area (Å²) in [7, 11) is 0. The molecule has 2 aromatic carbocycles. The summed E-state index contributed by atoms with van der Waals surface area (Å²) in [6.45, 7) is 1.39. The van der Waals surface area contributed by atoms with Crippen LogP contribution in [0.15, 0.2) is 60.7 Å². The molecule has 0 aliphatic heterocycles. The maximum atomic E-state index is 12.8. The van der Waals surface area contributed by atoms with Crippen molar-refractivity contribution in [1.29, 1.82) is 0 Å². The van der Waals surface area contributed by atoms with Crippen LogP contribution < -0.4 is 27.4 Å². The Kier molecular flexibility index (Phi) is 10.6. The van der Waals surface area contributed by atoms with E-state index in [0.717, 1.165) is 5.56 Å². The van der Waals surface area contributed by atoms with Crippen LogP contribution in [0.4, 0.5) is 0 Å². The molecule has 0 spiro atoms. The van der Waals surface area contributed by atoms with Gasteiger partial charge in [0.25, 0.3) is 0 Å². The molecular formula is C25H31N5O6. The molecule has 0 saturated carbocycles. The van der Waals surface area contributed by atoms with E-state index in [1.54, 1.807) is 30.3 Å². The first-order chi connectivity index (χ1) is 17.1. The summed E-state index contributed by atoms with van der Waals surface area (Å²) >= 11 is 0. The van der Waals surface area contributed by atoms with Crippen LogP contribution in [0.2, 0.25) is 0 Å². The second-order valence-electron chi connectivity index (χ2n) is 8.35. The number of benzene rings is 2. The molecule has 0 bridgehead atoms. The number of hydrogen-bond donors (Lipinski definition) is 6. The van der Waals surface area contributed by atoms with Crippen LogP contribution in [0.5, 0.6) is 0 Å². The quantitative estimate of drug-likeness (QED) is 0.209. The number of amides is 4. The number of carboxylic acid groups (broad SMARTS) is 1. The second kappa shape index (κ2) is 13.6. The van der Waals surface area contributed by atoms with Gasteiger partial charge in [-0.25, -0.2) is 4.79 Å². The molecule has 36 heavy (non-hydrogen) atoms. The molecule has 2 aromatic rings. The van der Waals surface area contributed by atoms with E-state index in [9.17, 15) is 29.1 Å². The van der Waals surface area contributed by atoms with Crippen LogP contribution in [0.3, 0.4) is 0 Å². The van der Waals surface area contributed by atoms with Gasteiger partial charge in [-0.2, -0.15) is 0 Å². The van der Waals surface area contributed by atoms with Gasteiger partial charge in [-0.3, -0.25) is 19.2 Å². The molecule has 11 nitrogen and oxygen atoms in total. The molecule has 0 aliphatic rings. The first kappa shape index (κ1) is 28.0. The van der Waals surface area contributed by atoms with Crippen LogP contribution in [0.25, 0.3) is 0 Å². The molecule has 0 radical (unpaired) electrons. The smallest absolute Gasteiger partial charge is 0.326 e. The van der Waals surface area contributed by atoms with Crippen LogP contribution in [-0.2, 0) is 36.8 Å². The van der Waals surface area contributed by atoms with Gasteiger partial charge in [0.2, 0.25) is 23.6 Å². The molecule has 11 heteroatoms. The Bertz CT molecular complexity index is 1060. The van der Waals surface area contributed by atoms with Crippen molar-refractivity contribution in [3.8, 4) is 0 Å². The van der Waals surface area contributed by atoms with Crippen molar-refractivity contribution in [2.24, 2.45) is 11.5 Å². The molecule has 0 aliphatic carbocycles. The Hall–Kier alpha value is -4.25. The van der Waals surface area contributed by atoms with E-state index < -0.39 is 60.2 Å². The van der Waals surface area contributed by atoms with E-state index in [1.807, 2.05) is 30.3 Å². The zero-order valence-corrected chi connectivity index (χ0v) is 19.8. The van der Waals surface area contributed by atoms with Gasteiger partial charge >= 0.3 is 5.97 Å². The Labute approximate surface area is 208 Å². The van der Waals surface area contributed by atoms with Gasteiger partial charge in [0.05, 0.1) is 12.5 Å². The third-order valence-corrected chi connectivity index (χ3v) is 5.32. The summed E-state index contributed by atoms with van der Waals surface area (Å²) < 4.78 is 0. The first-order valence-corrected chi connectivity index (χ1v) is 11.3. The average molecular weight is 498 g/mol. The first-order valence-electron chi connectivity index (χ1n) is 11.3. The van der Waals surface area contributed by atoms with Gasteiger partial charge in [0.1, 0.15) is 18.1 Å². The lowest BCUT2D eigenvalue weighted by Gasteiger charge is -2.23. The third kappa shape index (κ3) is 9.18. The van der Waals surface area contributed by atoms with Crippen LogP contribution in [-0.4, -0.2) is 58.9 Å². The summed E-state index contributed by atoms with van der Waals surface area (Å²) in [6.07, 6.45) is -0.319. The molecule has 0 aromatic heterocycles. The predicted molar refractivity (Wildman–Crippen MR) is 131 cm³/mol. The van der Waals surface area contributed by atoms with Crippen LogP contribution >= 0.6 is 0 Å². The normalized spacial score (nSPS) is 13.9. The van der Waals surface area contributed by atoms with Crippen molar-refractivity contribution in [2.45, 2.75) is 50.4 Å². The Morgan fingerprint density at radius 2 is 1.25 bits per heavy atom. The second-order valence-corrected chi connectivity index (χ2v) is 8.35. The lowest BCUT2D eigenvalue weighted by Crippen LogP contribution is -2.57. The fourth-order valence-electron chi connectivity index (χ4n) is 3.38. The Morgan fingerprint density at radius 1 is 0.750 bits per heavy atom. The molecule has 4 atom stereocenters. The number of carbonyl (C=O) groups excluding carboxylic acids is 4. The summed E-state index contributed by atoms with van der Waals surface area (Å²) in [4.78, 5) is 61.0. The molecule has 192 valence electrons. The highest BCUT2D eigenvalue weighted by Crippen LogP contribution is 2.05. The number of carbonyl (C=O) groups is 5. The summed E-state index contributed by atoms with van der Waals surface area (Å²) in [5, 5.41) is 16.7. The minimum absolute atomic E-state index is 0.00901. The molecule has 8 N–H and O–H groups in total. The largest absolute Gasteiger partial charge is 0.480 e. The lowest BCUT2D eigenvalue weighted by atomic mass is 10.0. The topological polar surface area (TPSA) is 194 Å². The summed E-state index contributed by atoms with van der Waals surface area (Å²) in [6, 6.07) is 13.0. The van der Waals surface area contributed by atoms with E-state index in [-0.39, 0.29) is 12.8 Å². The average Bonchev–Trinajstić information content (AvgIpc) is 2.83. The van der Waals surface area contributed by atoms with Gasteiger partial charge in [-0.05, 0) is 24.5 Å². The van der Waals surface area contributed by atoms with Crippen molar-refractivity contribution < 1.29 is 29.1 Å². The van der Waals surface area contributed by atoms with Gasteiger partial charge in [0, 0.05) is 6.42 Å². The van der Waals surface area contributed by atoms with Gasteiger partial charge in [-0.15, -0.1) is 0 Å². The lowest BCUT2D eigenvalue weighted by molar-refractivity contribution is -0.142. The molecule has 0 heterocycles. The molecule has 2 rings (SSSR count). The fourth-order valence-corrected chi connectivity index (χ4v) is 3.38. The van der Waals surface area contributed by atoms with Gasteiger partial charge < -0.3 is 32.5 Å². The molecule has 0 saturated heterocycles. The van der Waals surface area contributed by atoms with E-state index in [2.05, 4.69) is 16.0 Å². The highest BCUT2D eigenvalue weighted by Gasteiger charge is 2.30. The van der Waals surface area contributed by atoms with Crippen LogP contribution in [0.1, 0.15) is 24.5 Å². The number of carboxylic acids is 1. The van der Waals surface area contributed by atoms with Crippen molar-refractivity contribution in [3.63, 3.8) is 0 Å². The Balaban J connectivity index is 1.99. The maximum absolute atomic E-state index is 12.8. The van der Waals surface area contributed by atoms with Crippen LogP contribution in [0, 0.1) is 0 Å². The minimum atomic E-state index is -1.44. The monoisotopic (exact) mass is 497 g/mol. The number of nitrogens with two attached hydrogens (primary N) is 2. The zero-order valence-electron chi connectivity index (χ0n) is 19.8. The number of aliphatic carboxylic acids is 1. The number of hydrogen-bond acceptors (Lipinski definition) is 6. The molecule has 4 unspecified atom stereocenters. The predicted octanol–water partition coefficient (Wildman–Crippen LogP) is -0.767. The van der Waals surface area contributed by atoms with E-state index >= 15 is 0 Å². The highest BCUT2D eigenvalue weighted by molar-refractivity contribution is 5.96. The van der Waals surface area contributed by atoms with Gasteiger partial charge in [0.15, 0.2) is 0 Å². The standard InChI is InChI=1S/C25H31N5O6/c1-15(28-23(33)18(26)12-16-8-4-2-5-9-16)22(32)29-19(14-21(27)31)24(34)30-20(25(35)36)13-17-10-6-3-7-11-17/h2-11,15,18-20H,12-14,26H2,1H3,(H2,27,31)(H,28,33)(H,29,32)(H,30,34)(H,35,36). The Morgan fingerprint density at radius 3 is 1.75 bits per heavy atom. The third-order valence-electron chi connectivity index (χ3n) is 5.32. The van der Waals surface area contributed by atoms with Gasteiger partial charge in [-0.1, -0.05) is 60.7 Å². The molecule has 4 amide bonds. The van der Waals surface area contributed by atoms with Crippen molar-refractivity contribution >= 4 is 29.6 Å². The van der Waals surface area contributed by atoms with Crippen molar-refractivity contribution in [1.82, 2.24) is 16.0 Å². The summed E-state index contributed by atoms with van der Waals surface area (Å²) in [5.41, 5.74) is 12.7. The number of primary amides is 1. The fraction of sp³-hybridized carbons (Fsp3) is 0.320.